The summed E-state index contributed by atoms with van der Waals surface area (Å²) in [6.45, 7) is 9.44. The molecule has 2 aromatic heterocycles. The maximum Gasteiger partial charge on any atom is 0.297 e. The van der Waals surface area contributed by atoms with Crippen LogP contribution in [0.4, 0.5) is 17.1 Å². The molecule has 1 amide bonds. The number of carbonyl (C=O) groups excluding carboxylic acids is 1. The van der Waals surface area contributed by atoms with Gasteiger partial charge in [-0.2, -0.15) is 9.29 Å². The highest BCUT2D eigenvalue weighted by Gasteiger charge is 2.50. The van der Waals surface area contributed by atoms with Gasteiger partial charge in [0.1, 0.15) is 24.6 Å². The molecule has 0 unspecified atom stereocenters. The van der Waals surface area contributed by atoms with E-state index >= 15 is 0 Å². The Morgan fingerprint density at radius 2 is 1.70 bits per heavy atom. The SMILES string of the molecule is CC(C)c1ccccc1[C@@H]1CCCN1C1CC2(CCN(c3ccc(C(=O)NS(=O)(=O)c4cc5c(c([N+](=O)[O-])c4)N[C@@H]([C@H]4CC[C@](C)(O)CC4)CO5)c(Oc4cc5cc[nH]c5nc4OC[C@H]4CCCN4S(C)(=O)=O)c3)CC2)C1. The van der Waals surface area contributed by atoms with Gasteiger partial charge in [-0.25, -0.2) is 21.6 Å². The van der Waals surface area contributed by atoms with E-state index < -0.39 is 53.1 Å². The lowest BCUT2D eigenvalue weighted by Gasteiger charge is -2.56. The zero-order valence-corrected chi connectivity index (χ0v) is 45.8. The van der Waals surface area contributed by atoms with Gasteiger partial charge in [0.05, 0.1) is 39.3 Å². The standard InChI is InChI=1S/C56H70N8O11S2/c1-35(2)42-10-5-6-11-43(42)46-12-8-23-62(46)40-31-56(32-40)20-25-61(26-21-56)38-13-14-44(48(28-38)75-50-27-37-17-22-57-52(37)59-54(50)74-33-39-9-7-24-63(39)76(4,69)70)53(65)60-77(71,72)41-29-47(64(67)68)51-49(30-41)73-34-45(58-51)36-15-18-55(3,66)19-16-36/h5-6,10-11,13-14,17,22,27-30,35-36,39-40,45-46,58,66H,7-9,12,15-16,18-21,23-26,31-34H2,1-4H3,(H,57,59)(H,60,65)/t36-,39-,45-,46+,55-/m1/s1. The smallest absolute Gasteiger partial charge is 0.297 e. The van der Waals surface area contributed by atoms with Crippen molar-refractivity contribution in [3.8, 4) is 23.1 Å². The van der Waals surface area contributed by atoms with Crippen LogP contribution >= 0.6 is 0 Å². The average Bonchev–Trinajstić information content (AvgIpc) is 4.19. The number of sulfonamides is 2. The number of aliphatic hydroxyl groups is 1. The highest BCUT2D eigenvalue weighted by Crippen LogP contribution is 2.55. The molecule has 21 heteroatoms. The van der Waals surface area contributed by atoms with Crippen molar-refractivity contribution in [2.45, 2.75) is 138 Å². The first kappa shape index (κ1) is 53.0. The minimum atomic E-state index is -4.78. The van der Waals surface area contributed by atoms with Crippen LogP contribution in [0.5, 0.6) is 23.1 Å². The van der Waals surface area contributed by atoms with E-state index in [1.165, 1.54) is 46.7 Å². The number of piperidine rings is 1. The van der Waals surface area contributed by atoms with Crippen LogP contribution in [0.15, 0.2) is 77.8 Å². The fourth-order valence-corrected chi connectivity index (χ4v) is 15.4. The fourth-order valence-electron chi connectivity index (χ4n) is 13.2. The summed E-state index contributed by atoms with van der Waals surface area (Å²) in [5.74, 6) is -0.419. The summed E-state index contributed by atoms with van der Waals surface area (Å²) < 4.78 is 76.4. The molecule has 4 N–H and O–H groups in total. The third kappa shape index (κ3) is 10.8. The van der Waals surface area contributed by atoms with E-state index in [1.807, 2.05) is 0 Å². The molecule has 3 aromatic carbocycles. The van der Waals surface area contributed by atoms with Crippen molar-refractivity contribution in [3.63, 3.8) is 0 Å². The predicted octanol–water partition coefficient (Wildman–Crippen LogP) is 9.01. The molecule has 0 bridgehead atoms. The zero-order chi connectivity index (χ0) is 54.0. The van der Waals surface area contributed by atoms with Crippen LogP contribution < -0.4 is 29.1 Å². The Morgan fingerprint density at radius 1 is 0.948 bits per heavy atom. The Morgan fingerprint density at radius 3 is 2.44 bits per heavy atom. The number of hydrogen-bond acceptors (Lipinski definition) is 15. The Balaban J connectivity index is 0.854. The summed E-state index contributed by atoms with van der Waals surface area (Å²) in [5, 5.41) is 27.0. The minimum absolute atomic E-state index is 0.000311. The Kier molecular flexibility index (Phi) is 14.2. The number of anilines is 2. The maximum atomic E-state index is 14.5. The van der Waals surface area contributed by atoms with Crippen LogP contribution in [0.1, 0.15) is 131 Å². The molecule has 1 spiro atoms. The third-order valence-corrected chi connectivity index (χ3v) is 20.2. The van der Waals surface area contributed by atoms with Crippen LogP contribution in [-0.2, 0) is 20.0 Å². The topological polar surface area (TPSA) is 239 Å². The molecule has 3 saturated heterocycles. The number of amides is 1. The molecule has 2 aliphatic carbocycles. The summed E-state index contributed by atoms with van der Waals surface area (Å²) in [6.07, 6.45) is 13.3. The van der Waals surface area contributed by atoms with Gasteiger partial charge in [0.15, 0.2) is 17.2 Å². The van der Waals surface area contributed by atoms with Gasteiger partial charge in [0, 0.05) is 67.2 Å². The number of nitro benzene ring substituents is 1. The van der Waals surface area contributed by atoms with Crippen molar-refractivity contribution >= 4 is 54.0 Å². The van der Waals surface area contributed by atoms with Crippen LogP contribution in [0.3, 0.4) is 0 Å². The highest BCUT2D eigenvalue weighted by molar-refractivity contribution is 7.90. The van der Waals surface area contributed by atoms with Gasteiger partial charge in [-0.1, -0.05) is 38.1 Å². The number of benzene rings is 3. The molecule has 412 valence electrons. The first-order valence-corrected chi connectivity index (χ1v) is 30.6. The van der Waals surface area contributed by atoms with Crippen LogP contribution in [0.25, 0.3) is 11.0 Å². The Bertz CT molecular complexity index is 3290. The van der Waals surface area contributed by atoms with E-state index in [2.05, 4.69) is 62.9 Å². The number of aromatic nitrogens is 2. The minimum Gasteiger partial charge on any atom is -0.489 e. The van der Waals surface area contributed by atoms with E-state index in [9.17, 15) is 36.9 Å². The number of nitrogens with zero attached hydrogens (tertiary/aromatic N) is 5. The number of nitrogens with one attached hydrogen (secondary N) is 3. The molecule has 6 aliphatic rings. The van der Waals surface area contributed by atoms with Crippen LogP contribution in [0.2, 0.25) is 0 Å². The van der Waals surface area contributed by atoms with Crippen molar-refractivity contribution in [3.05, 3.63) is 99.7 Å². The van der Waals surface area contributed by atoms with Crippen molar-refractivity contribution in [2.75, 3.05) is 55.9 Å². The normalized spacial score (nSPS) is 25.0. The molecule has 2 saturated carbocycles. The highest BCUT2D eigenvalue weighted by atomic mass is 32.2. The molecule has 5 fully saturated rings. The summed E-state index contributed by atoms with van der Waals surface area (Å²) in [6, 6.07) is 19.7. The van der Waals surface area contributed by atoms with Gasteiger partial charge in [-0.15, -0.1) is 0 Å². The van der Waals surface area contributed by atoms with Gasteiger partial charge in [-0.3, -0.25) is 19.8 Å². The number of H-pyrrole nitrogens is 1. The monoisotopic (exact) mass is 1090 g/mol. The predicted molar refractivity (Wildman–Crippen MR) is 292 cm³/mol. The zero-order valence-electron chi connectivity index (χ0n) is 44.2. The van der Waals surface area contributed by atoms with Crippen molar-refractivity contribution in [2.24, 2.45) is 11.3 Å². The lowest BCUT2D eigenvalue weighted by Crippen LogP contribution is -2.54. The van der Waals surface area contributed by atoms with E-state index in [-0.39, 0.29) is 65.0 Å². The number of carbonyl (C=O) groups is 1. The molecule has 19 nitrogen and oxygen atoms in total. The lowest BCUT2D eigenvalue weighted by atomic mass is 9.59. The average molecular weight is 1100 g/mol. The van der Waals surface area contributed by atoms with Gasteiger partial charge in [-0.05, 0) is 143 Å². The first-order valence-electron chi connectivity index (χ1n) is 27.2. The number of aromatic amines is 1. The number of nitro groups is 1. The molecule has 6 heterocycles. The Hall–Kier alpha value is -6.00. The molecular weight excluding hydrogens is 1020 g/mol. The second-order valence-electron chi connectivity index (χ2n) is 23.1. The van der Waals surface area contributed by atoms with Crippen LogP contribution in [0, 0.1) is 21.4 Å². The quantitative estimate of drug-likeness (QED) is 0.0565. The molecule has 11 rings (SSSR count). The van der Waals surface area contributed by atoms with Crippen molar-refractivity contribution in [1.82, 2.24) is 23.9 Å². The van der Waals surface area contributed by atoms with E-state index in [4.69, 9.17) is 19.2 Å². The van der Waals surface area contributed by atoms with E-state index in [0.29, 0.717) is 74.1 Å². The second-order valence-corrected chi connectivity index (χ2v) is 26.7. The number of likely N-dealkylation sites (tertiary alicyclic amines) is 1. The summed E-state index contributed by atoms with van der Waals surface area (Å²) in [7, 11) is -8.29. The van der Waals surface area contributed by atoms with Crippen molar-refractivity contribution in [1.29, 1.82) is 0 Å². The maximum absolute atomic E-state index is 14.5. The van der Waals surface area contributed by atoms with E-state index in [0.717, 1.165) is 57.1 Å². The van der Waals surface area contributed by atoms with Crippen molar-refractivity contribution < 1.29 is 45.9 Å². The molecule has 5 aromatic rings. The number of ether oxygens (including phenoxy) is 3. The van der Waals surface area contributed by atoms with Gasteiger partial charge in [0.2, 0.25) is 10.0 Å². The summed E-state index contributed by atoms with van der Waals surface area (Å²) in [4.78, 5) is 38.7. The number of pyridine rings is 1. The first-order chi connectivity index (χ1) is 36.7. The van der Waals surface area contributed by atoms with Gasteiger partial charge < -0.3 is 34.5 Å². The largest absolute Gasteiger partial charge is 0.489 e. The second kappa shape index (κ2) is 20.7. The van der Waals surface area contributed by atoms with Crippen LogP contribution in [-0.4, -0.2) is 121 Å². The number of fused-ring (bicyclic) bond motifs is 2. The summed E-state index contributed by atoms with van der Waals surface area (Å²) in [5.41, 5.74) is 2.97. The molecule has 0 radical (unpaired) electrons. The summed E-state index contributed by atoms with van der Waals surface area (Å²) >= 11 is 0. The van der Waals surface area contributed by atoms with E-state index in [1.54, 1.807) is 37.4 Å². The molecule has 3 atom stereocenters. The lowest BCUT2D eigenvalue weighted by molar-refractivity contribution is -0.384. The molecular formula is C56H70N8O11S2. The Labute approximate surface area is 450 Å². The van der Waals surface area contributed by atoms with Gasteiger partial charge in [0.25, 0.3) is 27.5 Å². The molecule has 4 aliphatic heterocycles. The number of hydrogen-bond donors (Lipinski definition) is 4. The third-order valence-electron chi connectivity index (χ3n) is 17.5. The number of rotatable bonds is 15. The molecule has 77 heavy (non-hydrogen) atoms. The fraction of sp³-hybridized carbons (Fsp3) is 0.536. The van der Waals surface area contributed by atoms with Gasteiger partial charge >= 0.3 is 0 Å².